The Labute approximate surface area is 159 Å². The number of aliphatic hydroxyl groups excluding tert-OH is 4. The van der Waals surface area contributed by atoms with Gasteiger partial charge in [0.05, 0.1) is 19.8 Å². The molecule has 1 saturated heterocycles. The molecular formula is C20H30O7. The zero-order valence-corrected chi connectivity index (χ0v) is 15.6. The monoisotopic (exact) mass is 382 g/mol. The predicted molar refractivity (Wildman–Crippen MR) is 97.3 cm³/mol. The summed E-state index contributed by atoms with van der Waals surface area (Å²) in [5.74, 6) is 1.08. The SMILES string of the molecule is COc1ccc(CC2CCCCC2O[C@@H]2O[C@H](CO)[C@@H](O)[C@H](O)[C@H]2O)cc1. The molecule has 1 aromatic carbocycles. The average Bonchev–Trinajstić information content (AvgIpc) is 2.70. The Balaban J connectivity index is 1.65. The van der Waals surface area contributed by atoms with Gasteiger partial charge in [-0.05, 0) is 42.9 Å². The largest absolute Gasteiger partial charge is 0.497 e. The Morgan fingerprint density at radius 3 is 2.37 bits per heavy atom. The van der Waals surface area contributed by atoms with E-state index in [0.29, 0.717) is 0 Å². The first-order valence-electron chi connectivity index (χ1n) is 9.62. The van der Waals surface area contributed by atoms with Gasteiger partial charge in [0.25, 0.3) is 0 Å². The van der Waals surface area contributed by atoms with Crippen LogP contribution in [0.5, 0.6) is 5.75 Å². The standard InChI is InChI=1S/C20H30O7/c1-25-14-8-6-12(7-9-14)10-13-4-2-3-5-15(13)26-20-19(24)18(23)17(22)16(11-21)27-20/h6-9,13,15-24H,2-5,10-11H2,1H3/t13?,15?,16-,17-,18+,19-,20-/m1/s1. The Hall–Kier alpha value is -1.22. The zero-order valence-electron chi connectivity index (χ0n) is 15.6. The van der Waals surface area contributed by atoms with E-state index in [4.69, 9.17) is 14.2 Å². The molecule has 0 bridgehead atoms. The summed E-state index contributed by atoms with van der Waals surface area (Å²) in [6, 6.07) is 7.95. The van der Waals surface area contributed by atoms with Crippen LogP contribution in [0.25, 0.3) is 0 Å². The van der Waals surface area contributed by atoms with Crippen molar-refractivity contribution in [3.63, 3.8) is 0 Å². The highest BCUT2D eigenvalue weighted by atomic mass is 16.7. The second kappa shape index (κ2) is 9.32. The maximum absolute atomic E-state index is 10.2. The summed E-state index contributed by atoms with van der Waals surface area (Å²) in [5, 5.41) is 39.4. The lowest BCUT2D eigenvalue weighted by molar-refractivity contribution is -0.316. The molecule has 4 N–H and O–H groups in total. The van der Waals surface area contributed by atoms with Gasteiger partial charge in [0.1, 0.15) is 30.2 Å². The van der Waals surface area contributed by atoms with E-state index in [2.05, 4.69) is 0 Å². The lowest BCUT2D eigenvalue weighted by Crippen LogP contribution is -2.60. The molecule has 7 atom stereocenters. The zero-order chi connectivity index (χ0) is 19.4. The lowest BCUT2D eigenvalue weighted by atomic mass is 9.82. The summed E-state index contributed by atoms with van der Waals surface area (Å²) >= 11 is 0. The Morgan fingerprint density at radius 2 is 1.70 bits per heavy atom. The minimum atomic E-state index is -1.41. The molecule has 2 unspecified atom stereocenters. The summed E-state index contributed by atoms with van der Waals surface area (Å²) in [6.07, 6.45) is -1.43. The van der Waals surface area contributed by atoms with Crippen molar-refractivity contribution < 1.29 is 34.6 Å². The van der Waals surface area contributed by atoms with Crippen LogP contribution in [0.15, 0.2) is 24.3 Å². The fourth-order valence-electron chi connectivity index (χ4n) is 4.00. The minimum absolute atomic E-state index is 0.123. The number of benzene rings is 1. The van der Waals surface area contributed by atoms with Crippen LogP contribution >= 0.6 is 0 Å². The molecule has 1 aliphatic heterocycles. The molecule has 1 aliphatic carbocycles. The van der Waals surface area contributed by atoms with Gasteiger partial charge in [0, 0.05) is 0 Å². The Bertz CT molecular complexity index is 576. The van der Waals surface area contributed by atoms with Crippen LogP contribution in [0.4, 0.5) is 0 Å². The second-order valence-electron chi connectivity index (χ2n) is 7.47. The summed E-state index contributed by atoms with van der Waals surface area (Å²) in [7, 11) is 1.64. The number of hydrogen-bond donors (Lipinski definition) is 4. The van der Waals surface area contributed by atoms with E-state index in [1.54, 1.807) is 7.11 Å². The normalized spacial score (nSPS) is 37.1. The van der Waals surface area contributed by atoms with Gasteiger partial charge in [-0.1, -0.05) is 25.0 Å². The Kier molecular flexibility index (Phi) is 7.08. The van der Waals surface area contributed by atoms with E-state index >= 15 is 0 Å². The molecule has 2 fully saturated rings. The van der Waals surface area contributed by atoms with Crippen molar-refractivity contribution in [2.75, 3.05) is 13.7 Å². The molecule has 0 amide bonds. The molecule has 7 heteroatoms. The molecule has 152 valence electrons. The number of rotatable bonds is 6. The summed E-state index contributed by atoms with van der Waals surface area (Å²) in [6.45, 7) is -0.454. The highest BCUT2D eigenvalue weighted by molar-refractivity contribution is 5.27. The third-order valence-corrected chi connectivity index (χ3v) is 5.65. The van der Waals surface area contributed by atoms with E-state index in [-0.39, 0.29) is 12.0 Å². The van der Waals surface area contributed by atoms with E-state index in [1.165, 1.54) is 5.56 Å². The average molecular weight is 382 g/mol. The quantitative estimate of drug-likeness (QED) is 0.571. The molecule has 0 aromatic heterocycles. The number of aliphatic hydroxyl groups is 4. The van der Waals surface area contributed by atoms with Crippen molar-refractivity contribution in [3.8, 4) is 5.75 Å². The van der Waals surface area contributed by atoms with Crippen LogP contribution in [0.3, 0.4) is 0 Å². The van der Waals surface area contributed by atoms with E-state index in [1.807, 2.05) is 24.3 Å². The van der Waals surface area contributed by atoms with Crippen LogP contribution in [-0.4, -0.2) is 71.0 Å². The number of hydrogen-bond acceptors (Lipinski definition) is 7. The first kappa shape index (κ1) is 20.5. The van der Waals surface area contributed by atoms with Crippen molar-refractivity contribution in [1.29, 1.82) is 0 Å². The van der Waals surface area contributed by atoms with Gasteiger partial charge < -0.3 is 34.6 Å². The van der Waals surface area contributed by atoms with E-state index in [0.717, 1.165) is 37.9 Å². The second-order valence-corrected chi connectivity index (χ2v) is 7.47. The molecule has 27 heavy (non-hydrogen) atoms. The van der Waals surface area contributed by atoms with Gasteiger partial charge >= 0.3 is 0 Å². The summed E-state index contributed by atoms with van der Waals surface area (Å²) < 4.78 is 16.8. The molecule has 1 heterocycles. The van der Waals surface area contributed by atoms with Crippen LogP contribution in [0, 0.1) is 5.92 Å². The van der Waals surface area contributed by atoms with Crippen LogP contribution in [-0.2, 0) is 15.9 Å². The highest BCUT2D eigenvalue weighted by Crippen LogP contribution is 2.33. The third kappa shape index (κ3) is 4.80. The van der Waals surface area contributed by atoms with Crippen molar-refractivity contribution >= 4 is 0 Å². The molecular weight excluding hydrogens is 352 g/mol. The van der Waals surface area contributed by atoms with Crippen LogP contribution in [0.2, 0.25) is 0 Å². The summed E-state index contributed by atoms with van der Waals surface area (Å²) in [5.41, 5.74) is 1.19. The number of ether oxygens (including phenoxy) is 3. The van der Waals surface area contributed by atoms with Gasteiger partial charge in [-0.2, -0.15) is 0 Å². The van der Waals surface area contributed by atoms with Gasteiger partial charge in [0.2, 0.25) is 0 Å². The maximum atomic E-state index is 10.2. The highest BCUT2D eigenvalue weighted by Gasteiger charge is 2.45. The molecule has 0 radical (unpaired) electrons. The van der Waals surface area contributed by atoms with Crippen LogP contribution in [0.1, 0.15) is 31.2 Å². The Morgan fingerprint density at radius 1 is 1.00 bits per heavy atom. The maximum Gasteiger partial charge on any atom is 0.186 e. The lowest BCUT2D eigenvalue weighted by Gasteiger charge is -2.42. The number of methoxy groups -OCH3 is 1. The minimum Gasteiger partial charge on any atom is -0.497 e. The van der Waals surface area contributed by atoms with E-state index < -0.39 is 37.3 Å². The smallest absolute Gasteiger partial charge is 0.186 e. The molecule has 3 rings (SSSR count). The van der Waals surface area contributed by atoms with Gasteiger partial charge in [-0.15, -0.1) is 0 Å². The van der Waals surface area contributed by atoms with Crippen molar-refractivity contribution in [1.82, 2.24) is 0 Å². The van der Waals surface area contributed by atoms with E-state index in [9.17, 15) is 20.4 Å². The van der Waals surface area contributed by atoms with Gasteiger partial charge in [-0.3, -0.25) is 0 Å². The summed E-state index contributed by atoms with van der Waals surface area (Å²) in [4.78, 5) is 0. The first-order chi connectivity index (χ1) is 13.0. The molecule has 2 aliphatic rings. The molecule has 0 spiro atoms. The molecule has 1 aromatic rings. The predicted octanol–water partition coefficient (Wildman–Crippen LogP) is 0.613. The van der Waals surface area contributed by atoms with Crippen LogP contribution < -0.4 is 4.74 Å². The van der Waals surface area contributed by atoms with Gasteiger partial charge in [-0.25, -0.2) is 0 Å². The molecule has 1 saturated carbocycles. The van der Waals surface area contributed by atoms with Gasteiger partial charge in [0.15, 0.2) is 6.29 Å². The fourth-order valence-corrected chi connectivity index (χ4v) is 4.00. The van der Waals surface area contributed by atoms with Crippen molar-refractivity contribution in [2.24, 2.45) is 5.92 Å². The first-order valence-corrected chi connectivity index (χ1v) is 9.62. The molecule has 7 nitrogen and oxygen atoms in total. The van der Waals surface area contributed by atoms with Crippen molar-refractivity contribution in [3.05, 3.63) is 29.8 Å². The topological polar surface area (TPSA) is 109 Å². The van der Waals surface area contributed by atoms with Crippen molar-refractivity contribution in [2.45, 2.75) is 68.9 Å². The fraction of sp³-hybridized carbons (Fsp3) is 0.700. The third-order valence-electron chi connectivity index (χ3n) is 5.65.